The molecule has 0 radical (unpaired) electrons. The molecular formula is C14H20N2O3. The number of amides is 1. The van der Waals surface area contributed by atoms with Crippen LogP contribution in [0.25, 0.3) is 0 Å². The number of benzene rings is 1. The number of aliphatic hydroxyl groups is 1. The summed E-state index contributed by atoms with van der Waals surface area (Å²) in [6.07, 6.45) is 2.35. The van der Waals surface area contributed by atoms with E-state index in [0.29, 0.717) is 29.5 Å². The lowest BCUT2D eigenvalue weighted by atomic mass is 10.1. The number of nitrogens with two attached hydrogens (primary N) is 1. The van der Waals surface area contributed by atoms with Crippen LogP contribution in [-0.4, -0.2) is 30.8 Å². The highest BCUT2D eigenvalue weighted by molar-refractivity contribution is 5.95. The number of methoxy groups -OCH3 is 1. The maximum Gasteiger partial charge on any atom is 0.251 e. The molecule has 19 heavy (non-hydrogen) atoms. The topological polar surface area (TPSA) is 84.6 Å². The van der Waals surface area contributed by atoms with Crippen LogP contribution in [0.5, 0.6) is 5.75 Å². The molecule has 0 bridgehead atoms. The number of nitrogens with one attached hydrogen (secondary N) is 1. The minimum Gasteiger partial charge on any atom is -0.495 e. The average molecular weight is 264 g/mol. The Morgan fingerprint density at radius 1 is 1.53 bits per heavy atom. The molecule has 0 aromatic heterocycles. The molecule has 2 atom stereocenters. The van der Waals surface area contributed by atoms with E-state index in [1.807, 2.05) is 0 Å². The number of rotatable bonds is 4. The maximum atomic E-state index is 12.0. The fourth-order valence-electron chi connectivity index (χ4n) is 2.43. The van der Waals surface area contributed by atoms with Crippen LogP contribution in [0.1, 0.15) is 29.6 Å². The molecule has 1 aliphatic carbocycles. The normalized spacial score (nSPS) is 22.2. The number of anilines is 1. The average Bonchev–Trinajstić information content (AvgIpc) is 2.82. The molecule has 5 heteroatoms. The summed E-state index contributed by atoms with van der Waals surface area (Å²) < 4.78 is 5.09. The lowest BCUT2D eigenvalue weighted by Gasteiger charge is -2.12. The van der Waals surface area contributed by atoms with E-state index in [2.05, 4.69) is 5.32 Å². The molecular weight excluding hydrogens is 244 g/mol. The molecule has 1 saturated carbocycles. The molecule has 2 rings (SSSR count). The number of hydrogen-bond acceptors (Lipinski definition) is 4. The molecule has 1 aliphatic rings. The van der Waals surface area contributed by atoms with E-state index < -0.39 is 0 Å². The van der Waals surface area contributed by atoms with E-state index in [-0.39, 0.29) is 12.0 Å². The number of carbonyl (C=O) groups excluding carboxylic acids is 1. The third kappa shape index (κ3) is 3.38. The molecule has 104 valence electrons. The zero-order valence-electron chi connectivity index (χ0n) is 11.1. The summed E-state index contributed by atoms with van der Waals surface area (Å²) in [4.78, 5) is 12.0. The van der Waals surface area contributed by atoms with Gasteiger partial charge in [0.2, 0.25) is 0 Å². The molecule has 5 nitrogen and oxygen atoms in total. The quantitative estimate of drug-likeness (QED) is 0.713. The van der Waals surface area contributed by atoms with Gasteiger partial charge in [0.1, 0.15) is 5.75 Å². The first-order valence-corrected chi connectivity index (χ1v) is 6.50. The smallest absolute Gasteiger partial charge is 0.251 e. The lowest BCUT2D eigenvalue weighted by Crippen LogP contribution is -2.28. The summed E-state index contributed by atoms with van der Waals surface area (Å²) in [7, 11) is 1.52. The van der Waals surface area contributed by atoms with Gasteiger partial charge in [0.25, 0.3) is 5.91 Å². The molecule has 0 spiro atoms. The van der Waals surface area contributed by atoms with Crippen molar-refractivity contribution in [3.8, 4) is 5.75 Å². The molecule has 1 aromatic carbocycles. The van der Waals surface area contributed by atoms with Crippen LogP contribution in [0.15, 0.2) is 18.2 Å². The number of nitrogen functional groups attached to an aromatic ring is 1. The van der Waals surface area contributed by atoms with E-state index in [0.717, 1.165) is 19.3 Å². The van der Waals surface area contributed by atoms with Crippen molar-refractivity contribution in [1.82, 2.24) is 5.32 Å². The molecule has 1 amide bonds. The number of carbonyl (C=O) groups is 1. The second-order valence-electron chi connectivity index (χ2n) is 5.00. The standard InChI is InChI=1S/C14H20N2O3/c1-19-13-7-10(3-5-12(13)15)14(18)16-8-9-2-4-11(17)6-9/h3,5,7,9,11,17H,2,4,6,8,15H2,1H3,(H,16,18). The Kier molecular flexibility index (Phi) is 4.27. The van der Waals surface area contributed by atoms with E-state index in [4.69, 9.17) is 10.5 Å². The summed E-state index contributed by atoms with van der Waals surface area (Å²) in [5, 5.41) is 12.3. The van der Waals surface area contributed by atoms with Gasteiger partial charge in [-0.15, -0.1) is 0 Å². The summed E-state index contributed by atoms with van der Waals surface area (Å²) in [5.74, 6) is 0.734. The molecule has 1 fully saturated rings. The van der Waals surface area contributed by atoms with Gasteiger partial charge in [-0.1, -0.05) is 0 Å². The highest BCUT2D eigenvalue weighted by Gasteiger charge is 2.23. The molecule has 1 aromatic rings. The van der Waals surface area contributed by atoms with E-state index in [1.165, 1.54) is 7.11 Å². The minimum atomic E-state index is -0.210. The van der Waals surface area contributed by atoms with Crippen molar-refractivity contribution in [3.63, 3.8) is 0 Å². The zero-order valence-corrected chi connectivity index (χ0v) is 11.1. The first-order valence-electron chi connectivity index (χ1n) is 6.50. The van der Waals surface area contributed by atoms with E-state index >= 15 is 0 Å². The Bertz CT molecular complexity index is 462. The highest BCUT2D eigenvalue weighted by Crippen LogP contribution is 2.25. The van der Waals surface area contributed by atoms with Crippen LogP contribution in [0.4, 0.5) is 5.69 Å². The van der Waals surface area contributed by atoms with Gasteiger partial charge in [0.15, 0.2) is 0 Å². The van der Waals surface area contributed by atoms with Crippen molar-refractivity contribution in [2.45, 2.75) is 25.4 Å². The zero-order chi connectivity index (χ0) is 13.8. The van der Waals surface area contributed by atoms with Crippen molar-refractivity contribution in [2.75, 3.05) is 19.4 Å². The van der Waals surface area contributed by atoms with Gasteiger partial charge in [-0.25, -0.2) is 0 Å². The van der Waals surface area contributed by atoms with Gasteiger partial charge < -0.3 is 20.9 Å². The predicted molar refractivity (Wildman–Crippen MR) is 73.1 cm³/mol. The summed E-state index contributed by atoms with van der Waals surface area (Å²) in [5.41, 5.74) is 6.75. The van der Waals surface area contributed by atoms with Gasteiger partial charge >= 0.3 is 0 Å². The van der Waals surface area contributed by atoms with Gasteiger partial charge in [-0.3, -0.25) is 4.79 Å². The van der Waals surface area contributed by atoms with E-state index in [9.17, 15) is 9.90 Å². The largest absolute Gasteiger partial charge is 0.495 e. The number of hydrogen-bond donors (Lipinski definition) is 3. The molecule has 0 aliphatic heterocycles. The third-order valence-electron chi connectivity index (χ3n) is 3.56. The van der Waals surface area contributed by atoms with Crippen molar-refractivity contribution in [1.29, 1.82) is 0 Å². The van der Waals surface area contributed by atoms with Gasteiger partial charge in [-0.05, 0) is 43.4 Å². The van der Waals surface area contributed by atoms with Crippen molar-refractivity contribution >= 4 is 11.6 Å². The van der Waals surface area contributed by atoms with Crippen LogP contribution < -0.4 is 15.8 Å². The SMILES string of the molecule is COc1cc(C(=O)NCC2CCC(O)C2)ccc1N. The second kappa shape index (κ2) is 5.93. The highest BCUT2D eigenvalue weighted by atomic mass is 16.5. The Hall–Kier alpha value is -1.75. The molecule has 2 unspecified atom stereocenters. The summed E-state index contributed by atoms with van der Waals surface area (Å²) >= 11 is 0. The van der Waals surface area contributed by atoms with Gasteiger partial charge in [-0.2, -0.15) is 0 Å². The molecule has 0 saturated heterocycles. The second-order valence-corrected chi connectivity index (χ2v) is 5.00. The van der Waals surface area contributed by atoms with Crippen molar-refractivity contribution in [3.05, 3.63) is 23.8 Å². The first-order chi connectivity index (χ1) is 9.10. The lowest BCUT2D eigenvalue weighted by molar-refractivity contribution is 0.0945. The first kappa shape index (κ1) is 13.7. The van der Waals surface area contributed by atoms with Crippen LogP contribution >= 0.6 is 0 Å². The van der Waals surface area contributed by atoms with E-state index in [1.54, 1.807) is 18.2 Å². The van der Waals surface area contributed by atoms with Gasteiger partial charge in [0, 0.05) is 12.1 Å². The summed E-state index contributed by atoms with van der Waals surface area (Å²) in [6.45, 7) is 0.600. The van der Waals surface area contributed by atoms with Crippen molar-refractivity contribution in [2.24, 2.45) is 5.92 Å². The van der Waals surface area contributed by atoms with Gasteiger partial charge in [0.05, 0.1) is 18.9 Å². The number of aliphatic hydroxyl groups excluding tert-OH is 1. The Morgan fingerprint density at radius 3 is 2.95 bits per heavy atom. The predicted octanol–water partition coefficient (Wildman–Crippen LogP) is 1.17. The Labute approximate surface area is 112 Å². The third-order valence-corrected chi connectivity index (χ3v) is 3.56. The maximum absolute atomic E-state index is 12.0. The van der Waals surface area contributed by atoms with Crippen LogP contribution in [-0.2, 0) is 0 Å². The van der Waals surface area contributed by atoms with Crippen LogP contribution in [0, 0.1) is 5.92 Å². The van der Waals surface area contributed by atoms with Crippen LogP contribution in [0.2, 0.25) is 0 Å². The molecule has 4 N–H and O–H groups in total. The fourth-order valence-corrected chi connectivity index (χ4v) is 2.43. The molecule has 0 heterocycles. The van der Waals surface area contributed by atoms with Crippen LogP contribution in [0.3, 0.4) is 0 Å². The minimum absolute atomic E-state index is 0.139. The Morgan fingerprint density at radius 2 is 2.32 bits per heavy atom. The fraction of sp³-hybridized carbons (Fsp3) is 0.500. The number of ether oxygens (including phenoxy) is 1. The monoisotopic (exact) mass is 264 g/mol. The Balaban J connectivity index is 1.92. The van der Waals surface area contributed by atoms with Crippen molar-refractivity contribution < 1.29 is 14.6 Å². The summed E-state index contributed by atoms with van der Waals surface area (Å²) in [6, 6.07) is 4.97.